The van der Waals surface area contributed by atoms with E-state index in [9.17, 15) is 4.79 Å². The molecule has 2 N–H and O–H groups in total. The Labute approximate surface area is 119 Å². The largest absolute Gasteiger partial charge is 0.397 e. The Morgan fingerprint density at radius 1 is 1.35 bits per heavy atom. The van der Waals surface area contributed by atoms with Crippen LogP contribution in [0.4, 0.5) is 11.4 Å². The third-order valence-electron chi connectivity index (χ3n) is 3.30. The zero-order valence-electron chi connectivity index (χ0n) is 12.1. The van der Waals surface area contributed by atoms with Gasteiger partial charge in [0.2, 0.25) is 0 Å². The lowest BCUT2D eigenvalue weighted by atomic mass is 10.2. The molecule has 20 heavy (non-hydrogen) atoms. The molecule has 106 valence electrons. The maximum Gasteiger partial charge on any atom is 0.276 e. The molecule has 0 saturated heterocycles. The van der Waals surface area contributed by atoms with Crippen LogP contribution in [-0.2, 0) is 13.5 Å². The lowest BCUT2D eigenvalue weighted by Gasteiger charge is -2.22. The quantitative estimate of drug-likeness (QED) is 0.868. The van der Waals surface area contributed by atoms with Gasteiger partial charge < -0.3 is 10.6 Å². The molecule has 0 saturated carbocycles. The molecule has 2 aromatic rings. The first kappa shape index (κ1) is 14.1. The Balaban J connectivity index is 2.39. The number of hydrogen-bond donors (Lipinski definition) is 1. The molecule has 2 rings (SSSR count). The van der Waals surface area contributed by atoms with E-state index in [1.807, 2.05) is 38.1 Å². The van der Waals surface area contributed by atoms with Gasteiger partial charge in [0.25, 0.3) is 5.91 Å². The Hall–Kier alpha value is -2.30. The molecule has 0 aliphatic heterocycles. The van der Waals surface area contributed by atoms with Crippen LogP contribution in [0.15, 0.2) is 30.3 Å². The van der Waals surface area contributed by atoms with Gasteiger partial charge in [-0.3, -0.25) is 9.48 Å². The molecule has 0 bridgehead atoms. The number of hydrogen-bond acceptors (Lipinski definition) is 3. The van der Waals surface area contributed by atoms with E-state index in [1.54, 1.807) is 22.7 Å². The van der Waals surface area contributed by atoms with Crippen molar-refractivity contribution in [1.29, 1.82) is 0 Å². The normalized spacial score (nSPS) is 10.6. The Morgan fingerprint density at radius 3 is 2.60 bits per heavy atom. The van der Waals surface area contributed by atoms with E-state index >= 15 is 0 Å². The summed E-state index contributed by atoms with van der Waals surface area (Å²) in [4.78, 5) is 14.4. The number of aryl methyl sites for hydroxylation is 2. The minimum absolute atomic E-state index is 0.0832. The van der Waals surface area contributed by atoms with E-state index in [4.69, 9.17) is 5.73 Å². The maximum atomic E-state index is 12.7. The number of nitrogens with two attached hydrogens (primary N) is 1. The van der Waals surface area contributed by atoms with Gasteiger partial charge in [-0.05, 0) is 31.5 Å². The van der Waals surface area contributed by atoms with Crippen molar-refractivity contribution in [2.75, 3.05) is 17.2 Å². The molecule has 0 fully saturated rings. The Kier molecular flexibility index (Phi) is 4.08. The average molecular weight is 272 g/mol. The summed E-state index contributed by atoms with van der Waals surface area (Å²) >= 11 is 0. The molecule has 1 heterocycles. The van der Waals surface area contributed by atoms with Crippen LogP contribution < -0.4 is 10.6 Å². The maximum absolute atomic E-state index is 12.7. The van der Waals surface area contributed by atoms with Crippen LogP contribution >= 0.6 is 0 Å². The van der Waals surface area contributed by atoms with E-state index in [0.29, 0.717) is 17.9 Å². The molecule has 0 spiro atoms. The highest BCUT2D eigenvalue weighted by Crippen LogP contribution is 2.24. The van der Waals surface area contributed by atoms with Gasteiger partial charge in [0.05, 0.1) is 17.1 Å². The Morgan fingerprint density at radius 2 is 2.05 bits per heavy atom. The fraction of sp³-hybridized carbons (Fsp3) is 0.333. The van der Waals surface area contributed by atoms with Gasteiger partial charge >= 0.3 is 0 Å². The molecule has 5 nitrogen and oxygen atoms in total. The van der Waals surface area contributed by atoms with Crippen molar-refractivity contribution in [2.45, 2.75) is 20.3 Å². The Bertz CT molecular complexity index is 618. The minimum Gasteiger partial charge on any atom is -0.397 e. The van der Waals surface area contributed by atoms with Gasteiger partial charge in [0, 0.05) is 13.6 Å². The second kappa shape index (κ2) is 5.77. The second-order valence-electron chi connectivity index (χ2n) is 4.61. The topological polar surface area (TPSA) is 64.2 Å². The third kappa shape index (κ3) is 2.52. The number of nitrogens with zero attached hydrogens (tertiary/aromatic N) is 3. The van der Waals surface area contributed by atoms with E-state index in [-0.39, 0.29) is 5.91 Å². The summed E-state index contributed by atoms with van der Waals surface area (Å²) in [6.45, 7) is 4.50. The van der Waals surface area contributed by atoms with Crippen molar-refractivity contribution in [3.05, 3.63) is 41.7 Å². The molecule has 0 aliphatic carbocycles. The number of benzene rings is 1. The smallest absolute Gasteiger partial charge is 0.276 e. The van der Waals surface area contributed by atoms with Crippen molar-refractivity contribution in [2.24, 2.45) is 7.05 Å². The van der Waals surface area contributed by atoms with E-state index < -0.39 is 0 Å². The number of rotatable bonds is 4. The lowest BCUT2D eigenvalue weighted by Crippen LogP contribution is -2.32. The van der Waals surface area contributed by atoms with Gasteiger partial charge in [0.15, 0.2) is 0 Å². The van der Waals surface area contributed by atoms with Crippen LogP contribution in [0.2, 0.25) is 0 Å². The summed E-state index contributed by atoms with van der Waals surface area (Å²) in [5, 5.41) is 4.32. The van der Waals surface area contributed by atoms with Crippen molar-refractivity contribution in [3.8, 4) is 0 Å². The standard InChI is InChI=1S/C15H20N4O/c1-4-11-10-14(18(3)17-11)15(20)19(5-2)13-9-7-6-8-12(13)16/h6-10H,4-5,16H2,1-3H3. The minimum atomic E-state index is -0.0832. The van der Waals surface area contributed by atoms with Gasteiger partial charge in [-0.1, -0.05) is 19.1 Å². The zero-order chi connectivity index (χ0) is 14.7. The fourth-order valence-corrected chi connectivity index (χ4v) is 2.19. The van der Waals surface area contributed by atoms with Crippen molar-refractivity contribution in [1.82, 2.24) is 9.78 Å². The van der Waals surface area contributed by atoms with E-state index in [0.717, 1.165) is 17.8 Å². The van der Waals surface area contributed by atoms with E-state index in [2.05, 4.69) is 5.10 Å². The number of anilines is 2. The van der Waals surface area contributed by atoms with Gasteiger partial charge in [0.1, 0.15) is 5.69 Å². The lowest BCUT2D eigenvalue weighted by molar-refractivity contribution is 0.0979. The number of para-hydroxylation sites is 2. The predicted octanol–water partition coefficient (Wildman–Crippen LogP) is 2.23. The second-order valence-corrected chi connectivity index (χ2v) is 4.61. The van der Waals surface area contributed by atoms with Crippen molar-refractivity contribution < 1.29 is 4.79 Å². The highest BCUT2D eigenvalue weighted by molar-refractivity contribution is 6.06. The summed E-state index contributed by atoms with van der Waals surface area (Å²) in [7, 11) is 1.79. The van der Waals surface area contributed by atoms with Gasteiger partial charge in [-0.25, -0.2) is 0 Å². The third-order valence-corrected chi connectivity index (χ3v) is 3.30. The monoisotopic (exact) mass is 272 g/mol. The molecule has 1 aromatic heterocycles. The number of nitrogen functional groups attached to an aromatic ring is 1. The molecule has 0 radical (unpaired) electrons. The molecular weight excluding hydrogens is 252 g/mol. The van der Waals surface area contributed by atoms with Crippen LogP contribution in [0, 0.1) is 0 Å². The summed E-state index contributed by atoms with van der Waals surface area (Å²) in [6, 6.07) is 9.22. The molecule has 1 aromatic carbocycles. The van der Waals surface area contributed by atoms with Gasteiger partial charge in [-0.15, -0.1) is 0 Å². The van der Waals surface area contributed by atoms with Crippen LogP contribution in [-0.4, -0.2) is 22.2 Å². The molecule has 0 atom stereocenters. The molecule has 0 unspecified atom stereocenters. The number of carbonyl (C=O) groups is 1. The first-order valence-electron chi connectivity index (χ1n) is 6.77. The fourth-order valence-electron chi connectivity index (χ4n) is 2.19. The number of aromatic nitrogens is 2. The van der Waals surface area contributed by atoms with Crippen LogP contribution in [0.25, 0.3) is 0 Å². The molecular formula is C15H20N4O. The SMILES string of the molecule is CCc1cc(C(=O)N(CC)c2ccccc2N)n(C)n1. The highest BCUT2D eigenvalue weighted by atomic mass is 16.2. The highest BCUT2D eigenvalue weighted by Gasteiger charge is 2.21. The van der Waals surface area contributed by atoms with Crippen molar-refractivity contribution >= 4 is 17.3 Å². The zero-order valence-corrected chi connectivity index (χ0v) is 12.1. The molecule has 1 amide bonds. The average Bonchev–Trinajstić information content (AvgIpc) is 2.83. The molecule has 0 aliphatic rings. The summed E-state index contributed by atoms with van der Waals surface area (Å²) in [6.07, 6.45) is 0.806. The first-order valence-corrected chi connectivity index (χ1v) is 6.77. The van der Waals surface area contributed by atoms with E-state index in [1.165, 1.54) is 0 Å². The number of amides is 1. The van der Waals surface area contributed by atoms with Crippen LogP contribution in [0.5, 0.6) is 0 Å². The van der Waals surface area contributed by atoms with Gasteiger partial charge in [-0.2, -0.15) is 5.10 Å². The van der Waals surface area contributed by atoms with Crippen molar-refractivity contribution in [3.63, 3.8) is 0 Å². The summed E-state index contributed by atoms with van der Waals surface area (Å²) in [5.41, 5.74) is 8.79. The molecule has 5 heteroatoms. The summed E-state index contributed by atoms with van der Waals surface area (Å²) < 4.78 is 1.63. The van der Waals surface area contributed by atoms with Crippen LogP contribution in [0.3, 0.4) is 0 Å². The predicted molar refractivity (Wildman–Crippen MR) is 80.8 cm³/mol. The van der Waals surface area contributed by atoms with Crippen LogP contribution in [0.1, 0.15) is 30.0 Å². The first-order chi connectivity index (χ1) is 9.58. The number of carbonyl (C=O) groups excluding carboxylic acids is 1. The summed E-state index contributed by atoms with van der Waals surface area (Å²) in [5.74, 6) is -0.0832.